The molecule has 2 N–H and O–H groups in total. The van der Waals surface area contributed by atoms with Crippen LogP contribution in [0.5, 0.6) is 0 Å². The first kappa shape index (κ1) is 14.5. The first-order valence-electron chi connectivity index (χ1n) is 6.29. The Morgan fingerprint density at radius 3 is 2.35 bits per heavy atom. The topological polar surface area (TPSA) is 29.3 Å². The summed E-state index contributed by atoms with van der Waals surface area (Å²) in [7, 11) is 0. The minimum Gasteiger partial charge on any atom is -0.368 e. The summed E-state index contributed by atoms with van der Waals surface area (Å²) in [6, 6.07) is 7.01. The Kier molecular flexibility index (Phi) is 5.47. The van der Waals surface area contributed by atoms with E-state index in [0.29, 0.717) is 6.04 Å². The van der Waals surface area contributed by atoms with Crippen LogP contribution in [-0.2, 0) is 0 Å². The zero-order valence-corrected chi connectivity index (χ0v) is 12.8. The Labute approximate surface area is 113 Å². The van der Waals surface area contributed by atoms with Crippen LogP contribution >= 0.6 is 15.9 Å². The molecule has 1 atom stereocenters. The van der Waals surface area contributed by atoms with Gasteiger partial charge in [0.2, 0.25) is 0 Å². The number of nitrogens with zero attached hydrogens (tertiary/aromatic N) is 1. The van der Waals surface area contributed by atoms with Crippen LogP contribution in [0.1, 0.15) is 45.7 Å². The number of rotatable bonds is 5. The first-order chi connectivity index (χ1) is 7.97. The van der Waals surface area contributed by atoms with Gasteiger partial charge in [-0.2, -0.15) is 0 Å². The van der Waals surface area contributed by atoms with E-state index in [1.807, 2.05) is 6.92 Å². The lowest BCUT2D eigenvalue weighted by atomic mass is 10.1. The van der Waals surface area contributed by atoms with Crippen molar-refractivity contribution in [1.82, 2.24) is 0 Å². The largest absolute Gasteiger partial charge is 0.368 e. The summed E-state index contributed by atoms with van der Waals surface area (Å²) in [5, 5.41) is 0. The van der Waals surface area contributed by atoms with Crippen LogP contribution in [0.15, 0.2) is 22.7 Å². The van der Waals surface area contributed by atoms with E-state index in [1.54, 1.807) is 0 Å². The predicted octanol–water partition coefficient (Wildman–Crippen LogP) is 4.09. The number of halogens is 1. The molecule has 0 fully saturated rings. The number of benzene rings is 1. The van der Waals surface area contributed by atoms with Crippen molar-refractivity contribution in [2.75, 3.05) is 11.4 Å². The minimum atomic E-state index is 0.0824. The third-order valence-electron chi connectivity index (χ3n) is 2.89. The monoisotopic (exact) mass is 298 g/mol. The fourth-order valence-corrected chi connectivity index (χ4v) is 2.56. The van der Waals surface area contributed by atoms with Crippen LogP contribution in [-0.4, -0.2) is 12.6 Å². The van der Waals surface area contributed by atoms with Gasteiger partial charge in [-0.05, 0) is 60.8 Å². The molecule has 17 heavy (non-hydrogen) atoms. The fraction of sp³-hybridized carbons (Fsp3) is 0.571. The third-order valence-corrected chi connectivity index (χ3v) is 3.53. The summed E-state index contributed by atoms with van der Waals surface area (Å²) in [6.45, 7) is 9.74. The molecule has 2 nitrogen and oxygen atoms in total. The van der Waals surface area contributed by atoms with Gasteiger partial charge in [-0.1, -0.05) is 13.0 Å². The molecule has 0 saturated heterocycles. The molecule has 0 amide bonds. The summed E-state index contributed by atoms with van der Waals surface area (Å²) in [4.78, 5) is 2.41. The van der Waals surface area contributed by atoms with Crippen molar-refractivity contribution < 1.29 is 0 Å². The summed E-state index contributed by atoms with van der Waals surface area (Å²) >= 11 is 3.66. The van der Waals surface area contributed by atoms with Crippen LogP contribution in [0.4, 0.5) is 5.69 Å². The highest BCUT2D eigenvalue weighted by atomic mass is 79.9. The van der Waals surface area contributed by atoms with Gasteiger partial charge in [0.1, 0.15) is 0 Å². The van der Waals surface area contributed by atoms with Crippen molar-refractivity contribution in [3.05, 3.63) is 28.2 Å². The Bertz CT molecular complexity index is 361. The average Bonchev–Trinajstić information content (AvgIpc) is 2.26. The molecule has 1 rings (SSSR count). The van der Waals surface area contributed by atoms with Crippen molar-refractivity contribution in [3.63, 3.8) is 0 Å². The van der Waals surface area contributed by atoms with E-state index in [4.69, 9.17) is 5.73 Å². The Morgan fingerprint density at radius 2 is 1.94 bits per heavy atom. The molecule has 0 aliphatic rings. The Hall–Kier alpha value is -0.540. The molecule has 3 heteroatoms. The van der Waals surface area contributed by atoms with Crippen molar-refractivity contribution >= 4 is 21.6 Å². The third kappa shape index (κ3) is 3.71. The highest BCUT2D eigenvalue weighted by Gasteiger charge is 2.13. The first-order valence-corrected chi connectivity index (χ1v) is 7.08. The van der Waals surface area contributed by atoms with Gasteiger partial charge in [0, 0.05) is 23.1 Å². The standard InChI is InChI=1S/C14H23BrN2/c1-5-8-17(10(2)3)14-7-6-12(11(4)16)9-13(14)15/h6-7,9-11H,5,8,16H2,1-4H3/t11-/m0/s1. The highest BCUT2D eigenvalue weighted by Crippen LogP contribution is 2.30. The second-order valence-corrected chi connectivity index (χ2v) is 5.64. The molecule has 0 aliphatic heterocycles. The number of hydrogen-bond donors (Lipinski definition) is 1. The molecule has 1 aromatic carbocycles. The molecule has 1 aromatic rings. The molecular formula is C14H23BrN2. The van der Waals surface area contributed by atoms with Gasteiger partial charge in [0.05, 0.1) is 5.69 Å². The highest BCUT2D eigenvalue weighted by molar-refractivity contribution is 9.10. The lowest BCUT2D eigenvalue weighted by Crippen LogP contribution is -2.31. The average molecular weight is 299 g/mol. The van der Waals surface area contributed by atoms with Gasteiger partial charge in [-0.15, -0.1) is 0 Å². The maximum atomic E-state index is 5.89. The van der Waals surface area contributed by atoms with Crippen LogP contribution in [0.25, 0.3) is 0 Å². The van der Waals surface area contributed by atoms with E-state index >= 15 is 0 Å². The zero-order valence-electron chi connectivity index (χ0n) is 11.2. The molecule has 0 aromatic heterocycles. The SMILES string of the molecule is CCCN(c1ccc([C@H](C)N)cc1Br)C(C)C. The molecule has 0 unspecified atom stereocenters. The van der Waals surface area contributed by atoms with Gasteiger partial charge in [-0.3, -0.25) is 0 Å². The van der Waals surface area contributed by atoms with Crippen LogP contribution < -0.4 is 10.6 Å². The van der Waals surface area contributed by atoms with Gasteiger partial charge in [-0.25, -0.2) is 0 Å². The van der Waals surface area contributed by atoms with Crippen molar-refractivity contribution in [2.24, 2.45) is 5.73 Å². The fourth-order valence-electron chi connectivity index (χ4n) is 1.94. The molecule has 96 valence electrons. The maximum Gasteiger partial charge on any atom is 0.0513 e. The molecular weight excluding hydrogens is 276 g/mol. The Morgan fingerprint density at radius 1 is 1.29 bits per heavy atom. The van der Waals surface area contributed by atoms with E-state index in [1.165, 1.54) is 11.3 Å². The molecule has 0 spiro atoms. The summed E-state index contributed by atoms with van der Waals surface area (Å²) in [5.74, 6) is 0. The summed E-state index contributed by atoms with van der Waals surface area (Å²) in [6.07, 6.45) is 1.15. The lowest BCUT2D eigenvalue weighted by molar-refractivity contribution is 0.669. The van der Waals surface area contributed by atoms with E-state index < -0.39 is 0 Å². The smallest absolute Gasteiger partial charge is 0.0513 e. The predicted molar refractivity (Wildman–Crippen MR) is 79.5 cm³/mol. The van der Waals surface area contributed by atoms with Crippen molar-refractivity contribution in [3.8, 4) is 0 Å². The molecule has 0 heterocycles. The maximum absolute atomic E-state index is 5.89. The van der Waals surface area contributed by atoms with Crippen molar-refractivity contribution in [2.45, 2.75) is 46.2 Å². The van der Waals surface area contributed by atoms with Gasteiger partial charge in [0.15, 0.2) is 0 Å². The van der Waals surface area contributed by atoms with Gasteiger partial charge >= 0.3 is 0 Å². The van der Waals surface area contributed by atoms with E-state index in [9.17, 15) is 0 Å². The van der Waals surface area contributed by atoms with E-state index in [2.05, 4.69) is 59.8 Å². The second-order valence-electron chi connectivity index (χ2n) is 4.79. The van der Waals surface area contributed by atoms with E-state index in [0.717, 1.165) is 17.4 Å². The zero-order chi connectivity index (χ0) is 13.0. The van der Waals surface area contributed by atoms with Gasteiger partial charge in [0.25, 0.3) is 0 Å². The molecule has 0 saturated carbocycles. The normalized spacial score (nSPS) is 12.9. The van der Waals surface area contributed by atoms with Crippen LogP contribution in [0, 0.1) is 0 Å². The number of hydrogen-bond acceptors (Lipinski definition) is 2. The minimum absolute atomic E-state index is 0.0824. The van der Waals surface area contributed by atoms with Crippen LogP contribution in [0.3, 0.4) is 0 Å². The van der Waals surface area contributed by atoms with Crippen LogP contribution in [0.2, 0.25) is 0 Å². The quantitative estimate of drug-likeness (QED) is 0.887. The van der Waals surface area contributed by atoms with Crippen molar-refractivity contribution in [1.29, 1.82) is 0 Å². The number of nitrogens with two attached hydrogens (primary N) is 1. The molecule has 0 aliphatic carbocycles. The lowest BCUT2D eigenvalue weighted by Gasteiger charge is -2.30. The second kappa shape index (κ2) is 6.41. The van der Waals surface area contributed by atoms with Gasteiger partial charge < -0.3 is 10.6 Å². The van der Waals surface area contributed by atoms with E-state index in [-0.39, 0.29) is 6.04 Å². The summed E-state index contributed by atoms with van der Waals surface area (Å²) in [5.41, 5.74) is 8.32. The Balaban J connectivity index is 3.04. The molecule has 0 radical (unpaired) electrons. The number of anilines is 1. The summed E-state index contributed by atoms with van der Waals surface area (Å²) < 4.78 is 1.13. The molecule has 0 bridgehead atoms.